The van der Waals surface area contributed by atoms with Crippen LogP contribution in [0.15, 0.2) is 36.4 Å². The fourth-order valence-electron chi connectivity index (χ4n) is 2.84. The largest absolute Gasteiger partial charge is 0.409 e. The van der Waals surface area contributed by atoms with Gasteiger partial charge in [0.1, 0.15) is 0 Å². The van der Waals surface area contributed by atoms with Crippen LogP contribution in [-0.4, -0.2) is 23.6 Å². The molecule has 7 heteroatoms. The van der Waals surface area contributed by atoms with E-state index in [0.717, 1.165) is 5.01 Å². The van der Waals surface area contributed by atoms with Crippen molar-refractivity contribution in [3.8, 4) is 6.07 Å². The molecule has 0 aromatic heterocycles. The Kier molecular flexibility index (Phi) is 3.70. The zero-order chi connectivity index (χ0) is 16.6. The molecule has 0 radical (unpaired) electrons. The molecule has 2 aromatic carbocycles. The van der Waals surface area contributed by atoms with Gasteiger partial charge in [-0.05, 0) is 28.5 Å². The third-order valence-electron chi connectivity index (χ3n) is 3.79. The SMILES string of the molecule is N#Cc1cc([C@H](N2CCC(=O)N2)C(F)(F)F)c2ccccc2c1. The molecule has 0 saturated carbocycles. The number of alkyl halides is 3. The molecule has 1 saturated heterocycles. The molecule has 0 bridgehead atoms. The number of nitriles is 1. The van der Waals surface area contributed by atoms with E-state index in [1.807, 2.05) is 6.07 Å². The molecule has 4 nitrogen and oxygen atoms in total. The van der Waals surface area contributed by atoms with Crippen molar-refractivity contribution < 1.29 is 18.0 Å². The second-order valence-corrected chi connectivity index (χ2v) is 5.32. The monoisotopic (exact) mass is 319 g/mol. The van der Waals surface area contributed by atoms with Crippen LogP contribution in [0.1, 0.15) is 23.6 Å². The van der Waals surface area contributed by atoms with Crippen molar-refractivity contribution in [3.05, 3.63) is 47.5 Å². The summed E-state index contributed by atoms with van der Waals surface area (Å²) >= 11 is 0. The predicted octanol–water partition coefficient (Wildman–Crippen LogP) is 3.05. The van der Waals surface area contributed by atoms with Crippen molar-refractivity contribution in [3.63, 3.8) is 0 Å². The molecule has 1 amide bonds. The normalized spacial score (nSPS) is 17.0. The maximum absolute atomic E-state index is 13.7. The first-order valence-corrected chi connectivity index (χ1v) is 6.96. The summed E-state index contributed by atoms with van der Waals surface area (Å²) in [6.45, 7) is -0.0336. The average Bonchev–Trinajstić information content (AvgIpc) is 2.91. The first kappa shape index (κ1) is 15.3. The van der Waals surface area contributed by atoms with E-state index in [0.29, 0.717) is 10.8 Å². The number of amides is 1. The Morgan fingerprint density at radius 2 is 2.00 bits per heavy atom. The number of hydrogen-bond donors (Lipinski definition) is 1. The molecule has 0 aliphatic carbocycles. The van der Waals surface area contributed by atoms with E-state index < -0.39 is 18.1 Å². The highest BCUT2D eigenvalue weighted by molar-refractivity contribution is 5.87. The highest BCUT2D eigenvalue weighted by Crippen LogP contribution is 2.41. The highest BCUT2D eigenvalue weighted by Gasteiger charge is 2.47. The van der Waals surface area contributed by atoms with E-state index in [1.165, 1.54) is 6.07 Å². The van der Waals surface area contributed by atoms with Gasteiger partial charge >= 0.3 is 6.18 Å². The topological polar surface area (TPSA) is 56.1 Å². The Hall–Kier alpha value is -2.59. The van der Waals surface area contributed by atoms with Crippen LogP contribution >= 0.6 is 0 Å². The number of halogens is 3. The minimum Gasteiger partial charge on any atom is -0.288 e. The lowest BCUT2D eigenvalue weighted by Crippen LogP contribution is -2.43. The minimum atomic E-state index is -4.59. The molecule has 1 heterocycles. The van der Waals surface area contributed by atoms with Crippen molar-refractivity contribution >= 4 is 16.7 Å². The fraction of sp³-hybridized carbons (Fsp3) is 0.250. The van der Waals surface area contributed by atoms with Crippen LogP contribution in [0.2, 0.25) is 0 Å². The van der Waals surface area contributed by atoms with Crippen molar-refractivity contribution in [1.82, 2.24) is 10.4 Å². The predicted molar refractivity (Wildman–Crippen MR) is 76.9 cm³/mol. The number of hydrogen-bond acceptors (Lipinski definition) is 3. The van der Waals surface area contributed by atoms with Gasteiger partial charge in [0.05, 0.1) is 11.6 Å². The average molecular weight is 319 g/mol. The lowest BCUT2D eigenvalue weighted by Gasteiger charge is -2.30. The molecule has 0 spiro atoms. The molecule has 118 valence electrons. The number of carbonyl (C=O) groups is 1. The van der Waals surface area contributed by atoms with Crippen molar-refractivity contribution in [1.29, 1.82) is 5.26 Å². The maximum atomic E-state index is 13.7. The van der Waals surface area contributed by atoms with Crippen LogP contribution in [0, 0.1) is 11.3 Å². The van der Waals surface area contributed by atoms with Gasteiger partial charge in [0.2, 0.25) is 5.91 Å². The molecular weight excluding hydrogens is 307 g/mol. The van der Waals surface area contributed by atoms with Gasteiger partial charge in [0, 0.05) is 13.0 Å². The zero-order valence-electron chi connectivity index (χ0n) is 11.9. The third kappa shape index (κ3) is 2.85. The molecule has 1 fully saturated rings. The summed E-state index contributed by atoms with van der Waals surface area (Å²) < 4.78 is 41.0. The summed E-state index contributed by atoms with van der Waals surface area (Å²) in [5.74, 6) is -0.444. The van der Waals surface area contributed by atoms with Crippen molar-refractivity contribution in [2.45, 2.75) is 18.6 Å². The van der Waals surface area contributed by atoms with E-state index in [2.05, 4.69) is 5.43 Å². The summed E-state index contributed by atoms with van der Waals surface area (Å²) in [6.07, 6.45) is -4.57. The van der Waals surface area contributed by atoms with Crippen molar-refractivity contribution in [2.24, 2.45) is 0 Å². The maximum Gasteiger partial charge on any atom is 0.409 e. The number of benzene rings is 2. The van der Waals surface area contributed by atoms with Gasteiger partial charge in [0.15, 0.2) is 6.04 Å². The Labute approximate surface area is 130 Å². The molecule has 23 heavy (non-hydrogen) atoms. The number of nitrogens with zero attached hydrogens (tertiary/aromatic N) is 2. The molecule has 1 aliphatic rings. The molecule has 1 atom stereocenters. The van der Waals surface area contributed by atoms with Crippen LogP contribution in [0.5, 0.6) is 0 Å². The van der Waals surface area contributed by atoms with E-state index in [4.69, 9.17) is 5.26 Å². The Morgan fingerprint density at radius 1 is 1.26 bits per heavy atom. The minimum absolute atomic E-state index is 0.0163. The van der Waals surface area contributed by atoms with Gasteiger partial charge in [-0.3, -0.25) is 10.2 Å². The summed E-state index contributed by atoms with van der Waals surface area (Å²) in [4.78, 5) is 11.3. The van der Waals surface area contributed by atoms with Crippen LogP contribution in [0.3, 0.4) is 0 Å². The van der Waals surface area contributed by atoms with Gasteiger partial charge in [-0.1, -0.05) is 24.3 Å². The summed E-state index contributed by atoms with van der Waals surface area (Å²) in [7, 11) is 0. The first-order valence-electron chi connectivity index (χ1n) is 6.96. The van der Waals surface area contributed by atoms with Gasteiger partial charge in [0.25, 0.3) is 0 Å². The van der Waals surface area contributed by atoms with E-state index in [9.17, 15) is 18.0 Å². The lowest BCUT2D eigenvalue weighted by molar-refractivity contribution is -0.190. The second kappa shape index (κ2) is 5.56. The molecular formula is C16H12F3N3O. The summed E-state index contributed by atoms with van der Waals surface area (Å²) in [5.41, 5.74) is 2.37. The zero-order valence-corrected chi connectivity index (χ0v) is 11.9. The van der Waals surface area contributed by atoms with E-state index in [1.54, 1.807) is 30.3 Å². The Morgan fingerprint density at radius 3 is 2.61 bits per heavy atom. The van der Waals surface area contributed by atoms with Gasteiger partial charge in [-0.15, -0.1) is 0 Å². The first-order chi connectivity index (χ1) is 10.9. The molecule has 1 aliphatic heterocycles. The third-order valence-corrected chi connectivity index (χ3v) is 3.79. The van der Waals surface area contributed by atoms with E-state index >= 15 is 0 Å². The molecule has 1 N–H and O–H groups in total. The van der Waals surface area contributed by atoms with Crippen LogP contribution < -0.4 is 5.43 Å². The summed E-state index contributed by atoms with van der Waals surface area (Å²) in [6, 6.07) is 9.29. The lowest BCUT2D eigenvalue weighted by atomic mass is 9.95. The smallest absolute Gasteiger partial charge is 0.288 e. The molecule has 3 rings (SSSR count). The number of rotatable bonds is 2. The van der Waals surface area contributed by atoms with Crippen LogP contribution in [-0.2, 0) is 4.79 Å². The number of carbonyl (C=O) groups excluding carboxylic acids is 1. The number of nitrogens with one attached hydrogen (secondary N) is 1. The highest BCUT2D eigenvalue weighted by atomic mass is 19.4. The number of hydrazine groups is 1. The van der Waals surface area contributed by atoms with Crippen molar-refractivity contribution in [2.75, 3.05) is 6.54 Å². The Balaban J connectivity index is 2.21. The van der Waals surface area contributed by atoms with Gasteiger partial charge < -0.3 is 0 Å². The van der Waals surface area contributed by atoms with Gasteiger partial charge in [-0.2, -0.15) is 18.4 Å². The van der Waals surface area contributed by atoms with Crippen LogP contribution in [0.25, 0.3) is 10.8 Å². The summed E-state index contributed by atoms with van der Waals surface area (Å²) in [5, 5.41) is 11.0. The quantitative estimate of drug-likeness (QED) is 0.925. The standard InChI is InChI=1S/C16H12F3N3O/c17-16(18,19)15(22-6-5-14(23)21-22)13-8-10(9-20)7-11-3-1-2-4-12(11)13/h1-4,7-8,15H,5-6H2,(H,21,23)/t15-/m0/s1. The fourth-order valence-corrected chi connectivity index (χ4v) is 2.84. The second-order valence-electron chi connectivity index (χ2n) is 5.32. The number of fused-ring (bicyclic) bond motifs is 1. The van der Waals surface area contributed by atoms with E-state index in [-0.39, 0.29) is 24.1 Å². The molecule has 2 aromatic rings. The Bertz CT molecular complexity index is 810. The molecule has 0 unspecified atom stereocenters. The van der Waals surface area contributed by atoms with Crippen LogP contribution in [0.4, 0.5) is 13.2 Å². The van der Waals surface area contributed by atoms with Gasteiger partial charge in [-0.25, -0.2) is 5.01 Å².